The van der Waals surface area contributed by atoms with Crippen molar-refractivity contribution in [3.05, 3.63) is 66.2 Å². The van der Waals surface area contributed by atoms with Crippen LogP contribution in [0.2, 0.25) is 0 Å². The summed E-state index contributed by atoms with van der Waals surface area (Å²) in [7, 11) is 1.67. The van der Waals surface area contributed by atoms with Crippen molar-refractivity contribution >= 4 is 23.4 Å². The zero-order chi connectivity index (χ0) is 22.0. The highest BCUT2D eigenvalue weighted by molar-refractivity contribution is 7.99. The Hall–Kier alpha value is -2.86. The number of nitrogens with zero attached hydrogens (tertiary/aromatic N) is 3. The fourth-order valence-electron chi connectivity index (χ4n) is 4.37. The average Bonchev–Trinajstić information content (AvgIpc) is 2.78. The third-order valence-electron chi connectivity index (χ3n) is 5.72. The Morgan fingerprint density at radius 1 is 1.13 bits per heavy atom. The molecular formula is C25H27N3O2S. The molecule has 2 heterocycles. The van der Waals surface area contributed by atoms with Gasteiger partial charge >= 0.3 is 0 Å². The molecule has 1 aromatic heterocycles. The van der Waals surface area contributed by atoms with Gasteiger partial charge in [0.2, 0.25) is 5.91 Å². The van der Waals surface area contributed by atoms with E-state index in [4.69, 9.17) is 4.74 Å². The van der Waals surface area contributed by atoms with E-state index in [0.29, 0.717) is 11.7 Å². The van der Waals surface area contributed by atoms with Crippen LogP contribution in [0.15, 0.2) is 65.7 Å². The van der Waals surface area contributed by atoms with Crippen molar-refractivity contribution in [2.24, 2.45) is 0 Å². The summed E-state index contributed by atoms with van der Waals surface area (Å²) in [6.45, 7) is 6.47. The zero-order valence-electron chi connectivity index (χ0n) is 18.3. The fraction of sp³-hybridized carbons (Fsp3) is 0.320. The summed E-state index contributed by atoms with van der Waals surface area (Å²) >= 11 is 1.42. The predicted molar refractivity (Wildman–Crippen MR) is 126 cm³/mol. The molecular weight excluding hydrogens is 406 g/mol. The van der Waals surface area contributed by atoms with Crippen molar-refractivity contribution in [1.29, 1.82) is 0 Å². The molecule has 1 atom stereocenters. The van der Waals surface area contributed by atoms with Crippen LogP contribution in [-0.4, -0.2) is 34.5 Å². The third kappa shape index (κ3) is 4.44. The second kappa shape index (κ2) is 8.71. The van der Waals surface area contributed by atoms with Crippen LogP contribution < -0.4 is 9.64 Å². The third-order valence-corrected chi connectivity index (χ3v) is 6.62. The number of amides is 1. The van der Waals surface area contributed by atoms with Crippen LogP contribution in [0.4, 0.5) is 5.69 Å². The minimum absolute atomic E-state index is 0.0715. The van der Waals surface area contributed by atoms with Gasteiger partial charge < -0.3 is 9.64 Å². The van der Waals surface area contributed by atoms with Gasteiger partial charge in [-0.3, -0.25) is 4.79 Å². The molecule has 4 rings (SSSR count). The maximum atomic E-state index is 13.3. The van der Waals surface area contributed by atoms with Crippen LogP contribution in [0.25, 0.3) is 11.3 Å². The SMILES string of the molecule is COc1ccc2c(c1)[C@@H](C)CC(C)(C)N2C(=O)CSc1ccc(-c2ccccc2)nn1. The second-order valence-electron chi connectivity index (χ2n) is 8.48. The van der Waals surface area contributed by atoms with Crippen molar-refractivity contribution in [2.75, 3.05) is 17.8 Å². The number of anilines is 1. The molecule has 0 unspecified atom stereocenters. The first-order chi connectivity index (χ1) is 14.9. The highest BCUT2D eigenvalue weighted by Gasteiger charge is 2.39. The lowest BCUT2D eigenvalue weighted by molar-refractivity contribution is -0.117. The van der Waals surface area contributed by atoms with Crippen molar-refractivity contribution < 1.29 is 9.53 Å². The Kier molecular flexibility index (Phi) is 6.01. The minimum Gasteiger partial charge on any atom is -0.497 e. The number of benzene rings is 2. The van der Waals surface area contributed by atoms with Crippen LogP contribution in [0.1, 0.15) is 38.7 Å². The molecule has 5 nitrogen and oxygen atoms in total. The van der Waals surface area contributed by atoms with E-state index in [0.717, 1.165) is 39.7 Å². The first-order valence-corrected chi connectivity index (χ1v) is 11.4. The summed E-state index contributed by atoms with van der Waals surface area (Å²) in [4.78, 5) is 15.3. The predicted octanol–water partition coefficient (Wildman–Crippen LogP) is 5.56. The largest absolute Gasteiger partial charge is 0.497 e. The summed E-state index contributed by atoms with van der Waals surface area (Å²) < 4.78 is 5.40. The van der Waals surface area contributed by atoms with Gasteiger partial charge in [0.15, 0.2) is 0 Å². The fourth-order valence-corrected chi connectivity index (χ4v) is 5.03. The van der Waals surface area contributed by atoms with Crippen molar-refractivity contribution in [3.63, 3.8) is 0 Å². The molecule has 0 radical (unpaired) electrons. The summed E-state index contributed by atoms with van der Waals surface area (Å²) in [5.74, 6) is 1.55. The van der Waals surface area contributed by atoms with Gasteiger partial charge in [0.25, 0.3) is 0 Å². The van der Waals surface area contributed by atoms with Gasteiger partial charge in [0.1, 0.15) is 10.8 Å². The quantitative estimate of drug-likeness (QED) is 0.493. The Balaban J connectivity index is 1.51. The highest BCUT2D eigenvalue weighted by atomic mass is 32.2. The topological polar surface area (TPSA) is 55.3 Å². The molecule has 0 spiro atoms. The Bertz CT molecular complexity index is 1070. The number of thioether (sulfide) groups is 1. The van der Waals surface area contributed by atoms with Gasteiger partial charge in [-0.2, -0.15) is 0 Å². The molecule has 6 heteroatoms. The van der Waals surface area contributed by atoms with Gasteiger partial charge in [-0.25, -0.2) is 0 Å². The van der Waals surface area contributed by atoms with Gasteiger partial charge in [0, 0.05) is 16.8 Å². The molecule has 1 amide bonds. The van der Waals surface area contributed by atoms with E-state index in [-0.39, 0.29) is 11.4 Å². The lowest BCUT2D eigenvalue weighted by atomic mass is 9.80. The van der Waals surface area contributed by atoms with Crippen LogP contribution in [0.5, 0.6) is 5.75 Å². The van der Waals surface area contributed by atoms with E-state index in [1.807, 2.05) is 59.5 Å². The van der Waals surface area contributed by atoms with Crippen LogP contribution in [-0.2, 0) is 4.79 Å². The van der Waals surface area contributed by atoms with Crippen LogP contribution in [0.3, 0.4) is 0 Å². The maximum Gasteiger partial charge on any atom is 0.237 e. The average molecular weight is 434 g/mol. The molecule has 0 saturated carbocycles. The summed E-state index contributed by atoms with van der Waals surface area (Å²) in [6, 6.07) is 19.8. The number of carbonyl (C=O) groups is 1. The molecule has 0 N–H and O–H groups in total. The second-order valence-corrected chi connectivity index (χ2v) is 9.48. The Morgan fingerprint density at radius 2 is 1.90 bits per heavy atom. The maximum absolute atomic E-state index is 13.3. The number of carbonyl (C=O) groups excluding carboxylic acids is 1. The number of aromatic nitrogens is 2. The summed E-state index contributed by atoms with van der Waals surface area (Å²) in [6.07, 6.45) is 0.898. The van der Waals surface area contributed by atoms with Gasteiger partial charge in [-0.1, -0.05) is 49.0 Å². The van der Waals surface area contributed by atoms with E-state index in [9.17, 15) is 4.79 Å². The monoisotopic (exact) mass is 433 g/mol. The highest BCUT2D eigenvalue weighted by Crippen LogP contribution is 2.45. The number of ether oxygens (including phenoxy) is 1. The number of hydrogen-bond donors (Lipinski definition) is 0. The molecule has 3 aromatic rings. The van der Waals surface area contributed by atoms with Gasteiger partial charge in [-0.05, 0) is 62.1 Å². The van der Waals surface area contributed by atoms with E-state index in [2.05, 4.69) is 37.0 Å². The van der Waals surface area contributed by atoms with Crippen LogP contribution in [0, 0.1) is 0 Å². The van der Waals surface area contributed by atoms with Gasteiger partial charge in [-0.15, -0.1) is 10.2 Å². The smallest absolute Gasteiger partial charge is 0.237 e. The number of methoxy groups -OCH3 is 1. The minimum atomic E-state index is -0.262. The molecule has 1 aliphatic heterocycles. The molecule has 0 fully saturated rings. The van der Waals surface area contributed by atoms with E-state index in [1.165, 1.54) is 11.8 Å². The van der Waals surface area contributed by atoms with Crippen molar-refractivity contribution in [1.82, 2.24) is 10.2 Å². The number of rotatable bonds is 5. The molecule has 160 valence electrons. The zero-order valence-corrected chi connectivity index (χ0v) is 19.1. The lowest BCUT2D eigenvalue weighted by Gasteiger charge is -2.46. The summed E-state index contributed by atoms with van der Waals surface area (Å²) in [5, 5.41) is 9.38. The normalized spacial score (nSPS) is 17.2. The first kappa shape index (κ1) is 21.4. The molecule has 0 saturated heterocycles. The Labute approximate surface area is 187 Å². The number of fused-ring (bicyclic) bond motifs is 1. The van der Waals surface area contributed by atoms with E-state index >= 15 is 0 Å². The van der Waals surface area contributed by atoms with Gasteiger partial charge in [0.05, 0.1) is 18.6 Å². The Morgan fingerprint density at radius 3 is 2.58 bits per heavy atom. The lowest BCUT2D eigenvalue weighted by Crippen LogP contribution is -2.52. The summed E-state index contributed by atoms with van der Waals surface area (Å²) in [5.41, 5.74) is 3.72. The van der Waals surface area contributed by atoms with Crippen molar-refractivity contribution in [2.45, 2.75) is 43.7 Å². The standard InChI is InChI=1S/C25H27N3O2S/c1-17-15-25(2,3)28(22-12-10-19(30-4)14-20(17)22)24(29)16-31-23-13-11-21(26-27-23)18-8-6-5-7-9-18/h5-14,17H,15-16H2,1-4H3/t17-/m0/s1. The van der Waals surface area contributed by atoms with Crippen LogP contribution >= 0.6 is 11.8 Å². The molecule has 1 aliphatic rings. The van der Waals surface area contributed by atoms with Crippen molar-refractivity contribution in [3.8, 4) is 17.0 Å². The molecule has 31 heavy (non-hydrogen) atoms. The molecule has 0 bridgehead atoms. The molecule has 0 aliphatic carbocycles. The van der Waals surface area contributed by atoms with E-state index in [1.54, 1.807) is 7.11 Å². The number of hydrogen-bond acceptors (Lipinski definition) is 5. The van der Waals surface area contributed by atoms with E-state index < -0.39 is 0 Å². The molecule has 2 aromatic carbocycles. The first-order valence-electron chi connectivity index (χ1n) is 10.4.